The molecule has 316 valence electrons. The van der Waals surface area contributed by atoms with E-state index in [-0.39, 0.29) is 33.4 Å². The smallest absolute Gasteiger partial charge is 0.199 e. The number of thiophene rings is 4. The van der Waals surface area contributed by atoms with Gasteiger partial charge < -0.3 is 0 Å². The van der Waals surface area contributed by atoms with Gasteiger partial charge in [0.2, 0.25) is 0 Å². The molecule has 0 spiro atoms. The Labute approximate surface area is 384 Å². The van der Waals surface area contributed by atoms with Crippen LogP contribution in [0.4, 0.5) is 13.2 Å². The highest BCUT2D eigenvalue weighted by Crippen LogP contribution is 2.52. The molecule has 0 radical (unpaired) electrons. The summed E-state index contributed by atoms with van der Waals surface area (Å²) in [6.07, 6.45) is 4.14. The lowest BCUT2D eigenvalue weighted by molar-refractivity contribution is 0.101. The Morgan fingerprint density at radius 2 is 0.815 bits per heavy atom. The van der Waals surface area contributed by atoms with E-state index in [0.717, 1.165) is 102 Å². The van der Waals surface area contributed by atoms with Crippen LogP contribution in [0.5, 0.6) is 0 Å². The third-order valence-electron chi connectivity index (χ3n) is 12.2. The van der Waals surface area contributed by atoms with E-state index in [1.807, 2.05) is 18.2 Å². The highest BCUT2D eigenvalue weighted by atomic mass is 32.1. The van der Waals surface area contributed by atoms with Gasteiger partial charge >= 0.3 is 0 Å². The largest absolute Gasteiger partial charge is 0.288 e. The Bertz CT molecular complexity index is 3760. The van der Waals surface area contributed by atoms with Crippen molar-refractivity contribution in [2.75, 3.05) is 0 Å². The average Bonchev–Trinajstić information content (AvgIpc) is 4.13. The number of Topliss-reactive ketones (excluding diaryl/α,β-unsaturated/α-hetero) is 4. The van der Waals surface area contributed by atoms with Crippen molar-refractivity contribution in [3.05, 3.63) is 193 Å². The van der Waals surface area contributed by atoms with E-state index in [9.17, 15) is 32.3 Å². The van der Waals surface area contributed by atoms with Crippen molar-refractivity contribution in [2.45, 2.75) is 27.7 Å². The van der Waals surface area contributed by atoms with Gasteiger partial charge in [0.15, 0.2) is 34.8 Å². The Balaban J connectivity index is 1.13. The van der Waals surface area contributed by atoms with Crippen molar-refractivity contribution in [1.82, 2.24) is 0 Å². The van der Waals surface area contributed by atoms with E-state index in [1.54, 1.807) is 34.8 Å². The van der Waals surface area contributed by atoms with Crippen LogP contribution in [0.3, 0.4) is 0 Å². The second kappa shape index (κ2) is 15.2. The molecule has 4 heterocycles. The molecule has 5 aromatic carbocycles. The second-order valence-corrected chi connectivity index (χ2v) is 20.7. The first kappa shape index (κ1) is 41.1. The Morgan fingerprint density at radius 1 is 0.415 bits per heavy atom. The molecule has 0 fully saturated rings. The molecule has 2 aliphatic carbocycles. The van der Waals surface area contributed by atoms with Gasteiger partial charge in [-0.3, -0.25) is 19.2 Å². The molecule has 4 aromatic heterocycles. The van der Waals surface area contributed by atoms with Crippen LogP contribution in [0.2, 0.25) is 0 Å². The third-order valence-corrected chi connectivity index (χ3v) is 16.5. The number of rotatable bonds is 4. The average molecular weight is 929 g/mol. The molecule has 0 saturated heterocycles. The lowest BCUT2D eigenvalue weighted by Crippen LogP contribution is -2.10. The number of aryl methyl sites for hydroxylation is 4. The molecule has 11 heteroatoms. The van der Waals surface area contributed by atoms with Gasteiger partial charge in [-0.15, -0.1) is 45.3 Å². The summed E-state index contributed by atoms with van der Waals surface area (Å²) in [6, 6.07) is 29.6. The van der Waals surface area contributed by atoms with E-state index in [4.69, 9.17) is 0 Å². The summed E-state index contributed by atoms with van der Waals surface area (Å²) in [5.41, 5.74) is 9.01. The first-order valence-corrected chi connectivity index (χ1v) is 23.8. The zero-order valence-corrected chi connectivity index (χ0v) is 38.1. The lowest BCUT2D eigenvalue weighted by atomic mass is 9.87. The summed E-state index contributed by atoms with van der Waals surface area (Å²) in [4.78, 5) is 55.4. The first-order chi connectivity index (χ1) is 31.2. The summed E-state index contributed by atoms with van der Waals surface area (Å²) in [7, 11) is 0. The van der Waals surface area contributed by atoms with Crippen LogP contribution in [0.1, 0.15) is 73.4 Å². The number of carbonyl (C=O) groups excluding carboxylic acids is 4. The summed E-state index contributed by atoms with van der Waals surface area (Å²) in [5.74, 6) is -5.01. The molecule has 2 aliphatic rings. The van der Waals surface area contributed by atoms with E-state index in [0.29, 0.717) is 9.06 Å². The summed E-state index contributed by atoms with van der Waals surface area (Å²) < 4.78 is 47.2. The maximum Gasteiger partial charge on any atom is 0.199 e. The highest BCUT2D eigenvalue weighted by molar-refractivity contribution is 7.23. The molecule has 65 heavy (non-hydrogen) atoms. The van der Waals surface area contributed by atoms with E-state index in [1.165, 1.54) is 34.8 Å². The normalized spacial score (nSPS) is 15.2. The molecule has 4 nitrogen and oxygen atoms in total. The molecule has 0 N–H and O–H groups in total. The molecule has 0 amide bonds. The fourth-order valence-electron chi connectivity index (χ4n) is 9.29. The molecule has 0 atom stereocenters. The van der Waals surface area contributed by atoms with E-state index in [2.05, 4.69) is 82.3 Å². The second-order valence-electron chi connectivity index (χ2n) is 16.3. The predicted octanol–water partition coefficient (Wildman–Crippen LogP) is 11.3. The standard InChI is InChI=1S/C54H31F3O4S4/c1-24-7-5-8-25(2)43(24)45-37-20-31(18-29-12-15-41(62-29)47-49(58)33-14-11-28(55)17-34(33)50(47)59)64-53(37)46(44-26(3)9-6-10-27(44)4)38-21-32(65-54(38)45)19-30-13-16-42(63-30)48-51(60)35-22-39(56)40(57)23-36(35)52(48)61/h5-23H,1-4H3/b29-18-,30-19-,47-41-. The van der Waals surface area contributed by atoms with Gasteiger partial charge in [-0.05, 0) is 140 Å². The van der Waals surface area contributed by atoms with Gasteiger partial charge in [0, 0.05) is 81.4 Å². The zero-order valence-electron chi connectivity index (χ0n) is 34.9. The van der Waals surface area contributed by atoms with Gasteiger partial charge in [0.1, 0.15) is 5.82 Å². The fourth-order valence-corrected chi connectivity index (χ4v) is 13.8. The summed E-state index contributed by atoms with van der Waals surface area (Å²) in [5, 5.41) is 2.16. The molecule has 9 aromatic rings. The van der Waals surface area contributed by atoms with Crippen molar-refractivity contribution in [3.8, 4) is 22.3 Å². The van der Waals surface area contributed by atoms with Crippen LogP contribution in [0, 0.1) is 45.1 Å². The van der Waals surface area contributed by atoms with Crippen LogP contribution in [0.15, 0.2) is 103 Å². The zero-order chi connectivity index (χ0) is 45.2. The van der Waals surface area contributed by atoms with Crippen LogP contribution in [0.25, 0.3) is 65.7 Å². The number of fused-ring (bicyclic) bond motifs is 4. The van der Waals surface area contributed by atoms with Crippen molar-refractivity contribution < 1.29 is 32.3 Å². The maximum absolute atomic E-state index is 14.1. The summed E-state index contributed by atoms with van der Waals surface area (Å²) in [6.45, 7) is 8.50. The number of hydrogen-bond donors (Lipinski definition) is 0. The quantitative estimate of drug-likeness (QED) is 0.176. The van der Waals surface area contributed by atoms with Crippen LogP contribution < -0.4 is 18.1 Å². The minimum atomic E-state index is -1.18. The number of halogens is 3. The van der Waals surface area contributed by atoms with Crippen molar-refractivity contribution >= 4 is 112 Å². The van der Waals surface area contributed by atoms with Crippen molar-refractivity contribution in [1.29, 1.82) is 0 Å². The summed E-state index contributed by atoms with van der Waals surface area (Å²) >= 11 is 5.97. The van der Waals surface area contributed by atoms with Gasteiger partial charge in [-0.1, -0.05) is 36.4 Å². The molecule has 0 saturated carbocycles. The number of ketones is 4. The molecule has 0 aliphatic heterocycles. The third kappa shape index (κ3) is 6.51. The lowest BCUT2D eigenvalue weighted by Gasteiger charge is -2.18. The highest BCUT2D eigenvalue weighted by Gasteiger charge is 2.36. The van der Waals surface area contributed by atoms with E-state index >= 15 is 0 Å². The molecule has 11 rings (SSSR count). The van der Waals surface area contributed by atoms with Crippen LogP contribution >= 0.6 is 45.3 Å². The monoisotopic (exact) mass is 928 g/mol. The number of hydrogen-bond acceptors (Lipinski definition) is 8. The van der Waals surface area contributed by atoms with Gasteiger partial charge in [-0.2, -0.15) is 0 Å². The van der Waals surface area contributed by atoms with Gasteiger partial charge in [-0.25, -0.2) is 13.2 Å². The predicted molar refractivity (Wildman–Crippen MR) is 258 cm³/mol. The SMILES string of the molecule is Cc1cccc(C)c1-c1c2cc(/C=c3/cc/c(=C4\C(=O)c5ccc(F)cc5C4=O)s3)sc2c(-c2c(C)cccc2C)c2cc(/C=c3/ccc(=C4C(=O)c5cc(F)c(F)cc5C4=O)s3)sc12. The molecule has 0 bridgehead atoms. The Morgan fingerprint density at radius 3 is 1.25 bits per heavy atom. The minimum absolute atomic E-state index is 0.0612. The van der Waals surface area contributed by atoms with Gasteiger partial charge in [0.05, 0.1) is 11.1 Å². The topological polar surface area (TPSA) is 68.3 Å². The molecular formula is C54H31F3O4S4. The fraction of sp³-hybridized carbons (Fsp3) is 0.0741. The van der Waals surface area contributed by atoms with Crippen molar-refractivity contribution in [3.63, 3.8) is 0 Å². The van der Waals surface area contributed by atoms with Crippen molar-refractivity contribution in [2.24, 2.45) is 0 Å². The first-order valence-electron chi connectivity index (χ1n) is 20.5. The molecule has 0 unspecified atom stereocenters. The van der Waals surface area contributed by atoms with E-state index < -0.39 is 40.6 Å². The van der Waals surface area contributed by atoms with Gasteiger partial charge in [0.25, 0.3) is 0 Å². The van der Waals surface area contributed by atoms with Crippen LogP contribution in [-0.4, -0.2) is 23.1 Å². The number of benzene rings is 5. The maximum atomic E-state index is 14.1. The molecular weight excluding hydrogens is 898 g/mol. The van der Waals surface area contributed by atoms with Crippen LogP contribution in [-0.2, 0) is 0 Å². The minimum Gasteiger partial charge on any atom is -0.288 e. The Kier molecular flexibility index (Phi) is 9.64. The number of carbonyl (C=O) groups is 4. The Hall–Kier alpha value is -6.63.